The van der Waals surface area contributed by atoms with E-state index in [0.717, 1.165) is 25.6 Å². The van der Waals surface area contributed by atoms with Crippen molar-refractivity contribution < 1.29 is 13.6 Å². The van der Waals surface area contributed by atoms with Gasteiger partial charge < -0.3 is 10.6 Å². The molecule has 1 amide bonds. The van der Waals surface area contributed by atoms with E-state index in [1.165, 1.54) is 12.1 Å². The predicted octanol–water partition coefficient (Wildman–Crippen LogP) is 1.23. The molecule has 0 bridgehead atoms. The zero-order valence-corrected chi connectivity index (χ0v) is 13.9. The van der Waals surface area contributed by atoms with Gasteiger partial charge in [-0.15, -0.1) is 0 Å². The van der Waals surface area contributed by atoms with Gasteiger partial charge in [-0.3, -0.25) is 10.2 Å². The fourth-order valence-electron chi connectivity index (χ4n) is 3.58. The molecule has 2 heterocycles. The SMILES string of the molecule is CC(C)C(NC(=O)C1NNC2CCNCC21)c1ccc(F)cc1F. The monoisotopic (exact) mass is 338 g/mol. The molecule has 2 fully saturated rings. The first-order valence-corrected chi connectivity index (χ1v) is 8.44. The first kappa shape index (κ1) is 17.3. The van der Waals surface area contributed by atoms with Crippen LogP contribution in [0.5, 0.6) is 0 Å². The number of amides is 1. The van der Waals surface area contributed by atoms with Crippen LogP contribution in [0.3, 0.4) is 0 Å². The third-order valence-corrected chi connectivity index (χ3v) is 4.93. The third-order valence-electron chi connectivity index (χ3n) is 4.93. The van der Waals surface area contributed by atoms with Gasteiger partial charge in [-0.05, 0) is 24.9 Å². The highest BCUT2D eigenvalue weighted by molar-refractivity contribution is 5.83. The number of rotatable bonds is 4. The predicted molar refractivity (Wildman–Crippen MR) is 86.9 cm³/mol. The summed E-state index contributed by atoms with van der Waals surface area (Å²) in [4.78, 5) is 12.7. The first-order chi connectivity index (χ1) is 11.5. The Labute approximate surface area is 140 Å². The molecule has 4 N–H and O–H groups in total. The topological polar surface area (TPSA) is 65.2 Å². The van der Waals surface area contributed by atoms with Crippen molar-refractivity contribution in [3.63, 3.8) is 0 Å². The molecular formula is C17H24F2N4O. The number of halogens is 2. The Morgan fingerprint density at radius 1 is 1.29 bits per heavy atom. The van der Waals surface area contributed by atoms with E-state index in [9.17, 15) is 13.6 Å². The van der Waals surface area contributed by atoms with Crippen molar-refractivity contribution in [1.29, 1.82) is 0 Å². The number of carbonyl (C=O) groups is 1. The maximum absolute atomic E-state index is 14.1. The summed E-state index contributed by atoms with van der Waals surface area (Å²) in [6.07, 6.45) is 0.960. The molecule has 0 aliphatic carbocycles. The van der Waals surface area contributed by atoms with Gasteiger partial charge >= 0.3 is 0 Å². The average molecular weight is 338 g/mol. The second-order valence-electron chi connectivity index (χ2n) is 6.93. The van der Waals surface area contributed by atoms with Gasteiger partial charge in [-0.25, -0.2) is 14.2 Å². The molecule has 2 aliphatic rings. The maximum atomic E-state index is 14.1. The zero-order valence-electron chi connectivity index (χ0n) is 13.9. The van der Waals surface area contributed by atoms with E-state index in [2.05, 4.69) is 21.5 Å². The zero-order chi connectivity index (χ0) is 17.3. The number of benzene rings is 1. The van der Waals surface area contributed by atoms with Crippen molar-refractivity contribution in [1.82, 2.24) is 21.5 Å². The molecule has 2 saturated heterocycles. The second-order valence-corrected chi connectivity index (χ2v) is 6.93. The van der Waals surface area contributed by atoms with Crippen LogP contribution in [0.4, 0.5) is 8.78 Å². The molecule has 1 aromatic carbocycles. The second kappa shape index (κ2) is 7.13. The molecule has 24 heavy (non-hydrogen) atoms. The highest BCUT2D eigenvalue weighted by Gasteiger charge is 2.41. The molecule has 0 saturated carbocycles. The smallest absolute Gasteiger partial charge is 0.239 e. The largest absolute Gasteiger partial charge is 0.348 e. The average Bonchev–Trinajstić information content (AvgIpc) is 2.97. The summed E-state index contributed by atoms with van der Waals surface area (Å²) < 4.78 is 27.3. The number of hydrogen-bond donors (Lipinski definition) is 4. The Morgan fingerprint density at radius 3 is 2.79 bits per heavy atom. The standard InChI is InChI=1S/C17H24F2N4O/c1-9(2)15(11-4-3-10(18)7-13(11)19)21-17(24)16-12-8-20-6-5-14(12)22-23-16/h3-4,7,9,12,14-16,20,22-23H,5-6,8H2,1-2H3,(H,21,24). The van der Waals surface area contributed by atoms with Gasteiger partial charge in [0, 0.05) is 30.1 Å². The molecule has 3 rings (SSSR count). The van der Waals surface area contributed by atoms with E-state index in [-0.39, 0.29) is 29.8 Å². The molecule has 7 heteroatoms. The van der Waals surface area contributed by atoms with Gasteiger partial charge in [0.25, 0.3) is 0 Å². The van der Waals surface area contributed by atoms with E-state index < -0.39 is 17.7 Å². The molecule has 0 spiro atoms. The van der Waals surface area contributed by atoms with Crippen LogP contribution in [0.1, 0.15) is 31.9 Å². The molecule has 5 nitrogen and oxygen atoms in total. The number of nitrogens with one attached hydrogen (secondary N) is 4. The molecule has 0 aromatic heterocycles. The quantitative estimate of drug-likeness (QED) is 0.667. The number of carbonyl (C=O) groups excluding carboxylic acids is 1. The van der Waals surface area contributed by atoms with E-state index in [0.29, 0.717) is 5.56 Å². The Morgan fingerprint density at radius 2 is 2.08 bits per heavy atom. The minimum atomic E-state index is -0.635. The maximum Gasteiger partial charge on any atom is 0.239 e. The Bertz CT molecular complexity index is 610. The van der Waals surface area contributed by atoms with Crippen LogP contribution in [-0.2, 0) is 4.79 Å². The van der Waals surface area contributed by atoms with Gasteiger partial charge in [0.15, 0.2) is 0 Å². The number of piperidine rings is 1. The molecule has 4 atom stereocenters. The highest BCUT2D eigenvalue weighted by atomic mass is 19.1. The van der Waals surface area contributed by atoms with Gasteiger partial charge in [-0.2, -0.15) is 0 Å². The van der Waals surface area contributed by atoms with Crippen LogP contribution >= 0.6 is 0 Å². The minimum Gasteiger partial charge on any atom is -0.348 e. The summed E-state index contributed by atoms with van der Waals surface area (Å²) in [6, 6.07) is 2.87. The summed E-state index contributed by atoms with van der Waals surface area (Å²) in [6.45, 7) is 5.50. The van der Waals surface area contributed by atoms with Crippen molar-refractivity contribution in [3.8, 4) is 0 Å². The van der Waals surface area contributed by atoms with Crippen LogP contribution in [-0.4, -0.2) is 31.1 Å². The van der Waals surface area contributed by atoms with Crippen molar-refractivity contribution >= 4 is 5.91 Å². The molecular weight excluding hydrogens is 314 g/mol. The normalized spacial score (nSPS) is 27.8. The molecule has 132 valence electrons. The lowest BCUT2D eigenvalue weighted by Gasteiger charge is -2.29. The van der Waals surface area contributed by atoms with Crippen LogP contribution in [0.25, 0.3) is 0 Å². The van der Waals surface area contributed by atoms with Crippen LogP contribution in [0, 0.1) is 23.5 Å². The van der Waals surface area contributed by atoms with Crippen molar-refractivity contribution in [2.75, 3.05) is 13.1 Å². The van der Waals surface area contributed by atoms with Gasteiger partial charge in [0.2, 0.25) is 5.91 Å². The van der Waals surface area contributed by atoms with Crippen LogP contribution < -0.4 is 21.5 Å². The molecule has 0 radical (unpaired) electrons. The van der Waals surface area contributed by atoms with E-state index >= 15 is 0 Å². The summed E-state index contributed by atoms with van der Waals surface area (Å²) in [5.74, 6) is -1.29. The summed E-state index contributed by atoms with van der Waals surface area (Å²) in [5.41, 5.74) is 6.55. The van der Waals surface area contributed by atoms with Gasteiger partial charge in [0.1, 0.15) is 17.7 Å². The van der Waals surface area contributed by atoms with Crippen LogP contribution in [0.15, 0.2) is 18.2 Å². The van der Waals surface area contributed by atoms with Crippen molar-refractivity contribution in [2.45, 2.75) is 38.4 Å². The Hall–Kier alpha value is -1.57. The number of fused-ring (bicyclic) bond motifs is 1. The van der Waals surface area contributed by atoms with E-state index in [1.54, 1.807) is 0 Å². The number of hydrazine groups is 1. The summed E-state index contributed by atoms with van der Waals surface area (Å²) in [5, 5.41) is 6.24. The van der Waals surface area contributed by atoms with Crippen molar-refractivity contribution in [2.24, 2.45) is 11.8 Å². The van der Waals surface area contributed by atoms with Gasteiger partial charge in [-0.1, -0.05) is 19.9 Å². The molecule has 1 aromatic rings. The van der Waals surface area contributed by atoms with Crippen molar-refractivity contribution in [3.05, 3.63) is 35.4 Å². The Balaban J connectivity index is 1.75. The fourth-order valence-corrected chi connectivity index (χ4v) is 3.58. The lowest BCUT2D eigenvalue weighted by atomic mass is 9.88. The molecule has 2 aliphatic heterocycles. The van der Waals surface area contributed by atoms with E-state index in [4.69, 9.17) is 0 Å². The third kappa shape index (κ3) is 3.43. The lowest BCUT2D eigenvalue weighted by molar-refractivity contribution is -0.125. The summed E-state index contributed by atoms with van der Waals surface area (Å²) in [7, 11) is 0. The first-order valence-electron chi connectivity index (χ1n) is 8.44. The van der Waals surface area contributed by atoms with Gasteiger partial charge in [0.05, 0.1) is 6.04 Å². The fraction of sp³-hybridized carbons (Fsp3) is 0.588. The summed E-state index contributed by atoms with van der Waals surface area (Å²) >= 11 is 0. The minimum absolute atomic E-state index is 0.0245. The molecule has 4 unspecified atom stereocenters. The Kier molecular flexibility index (Phi) is 5.12. The van der Waals surface area contributed by atoms with E-state index in [1.807, 2.05) is 13.8 Å². The lowest BCUT2D eigenvalue weighted by Crippen LogP contribution is -2.50. The van der Waals surface area contributed by atoms with Crippen LogP contribution in [0.2, 0.25) is 0 Å². The number of hydrogen-bond acceptors (Lipinski definition) is 4. The highest BCUT2D eigenvalue weighted by Crippen LogP contribution is 2.26.